The van der Waals surface area contributed by atoms with Gasteiger partial charge in [0, 0.05) is 0 Å². The van der Waals surface area contributed by atoms with Crippen molar-refractivity contribution >= 4 is 21.6 Å². The molecule has 1 aromatic heterocycles. The zero-order valence-electron chi connectivity index (χ0n) is 4.90. The Balaban J connectivity index is 2.98. The van der Waals surface area contributed by atoms with E-state index in [4.69, 9.17) is 5.41 Å². The molecule has 1 rings (SSSR count). The summed E-state index contributed by atoms with van der Waals surface area (Å²) >= 11 is 3.19. The summed E-state index contributed by atoms with van der Waals surface area (Å²) in [5.74, 6) is 0. The highest BCUT2D eigenvalue weighted by Gasteiger charge is 1.97. The van der Waals surface area contributed by atoms with Gasteiger partial charge >= 0.3 is 0 Å². The van der Waals surface area contributed by atoms with Gasteiger partial charge in [-0.25, -0.2) is 0 Å². The summed E-state index contributed by atoms with van der Waals surface area (Å²) in [5.41, 5.74) is 1.15. The van der Waals surface area contributed by atoms with Crippen LogP contribution in [-0.2, 0) is 0 Å². The van der Waals surface area contributed by atoms with Crippen LogP contribution in [0.4, 0.5) is 0 Å². The maximum atomic E-state index is 7.15. The molecule has 0 saturated heterocycles. The molecule has 0 spiro atoms. The molecular weight excluding hydrogens is 182 g/mol. The van der Waals surface area contributed by atoms with Crippen LogP contribution in [0.25, 0.3) is 0 Å². The second kappa shape index (κ2) is 2.31. The van der Waals surface area contributed by atoms with E-state index >= 15 is 0 Å². The van der Waals surface area contributed by atoms with Gasteiger partial charge in [-0.05, 0) is 28.9 Å². The monoisotopic (exact) mass is 187 g/mol. The van der Waals surface area contributed by atoms with E-state index in [1.165, 1.54) is 0 Å². The number of hydrogen-bond acceptors (Lipinski definition) is 2. The standard InChI is InChI=1S/C5H6BrN3/c1-3(7)4-2-5(6)9-8-4/h2,7H,1H3,(H,8,9). The second-order valence-electron chi connectivity index (χ2n) is 1.73. The lowest BCUT2D eigenvalue weighted by Crippen LogP contribution is -1.90. The van der Waals surface area contributed by atoms with Gasteiger partial charge in [-0.1, -0.05) is 0 Å². The van der Waals surface area contributed by atoms with Crippen LogP contribution in [0, 0.1) is 5.41 Å². The van der Waals surface area contributed by atoms with Crippen molar-refractivity contribution in [1.29, 1.82) is 5.41 Å². The maximum absolute atomic E-state index is 7.15. The number of aromatic amines is 1. The Kier molecular flexibility index (Phi) is 1.66. The Labute approximate surface area is 61.1 Å². The van der Waals surface area contributed by atoms with Gasteiger partial charge in [0.15, 0.2) is 0 Å². The second-order valence-corrected chi connectivity index (χ2v) is 2.58. The molecule has 0 amide bonds. The minimum atomic E-state index is 0.469. The lowest BCUT2D eigenvalue weighted by molar-refractivity contribution is 1.06. The smallest absolute Gasteiger partial charge is 0.106 e. The first-order valence-electron chi connectivity index (χ1n) is 2.46. The van der Waals surface area contributed by atoms with Crippen LogP contribution in [0.5, 0.6) is 0 Å². The first-order valence-corrected chi connectivity index (χ1v) is 3.26. The average molecular weight is 188 g/mol. The van der Waals surface area contributed by atoms with Crippen molar-refractivity contribution in [2.24, 2.45) is 0 Å². The summed E-state index contributed by atoms with van der Waals surface area (Å²) in [6.45, 7) is 1.70. The molecule has 3 nitrogen and oxygen atoms in total. The number of aromatic nitrogens is 2. The van der Waals surface area contributed by atoms with Gasteiger partial charge in [0.05, 0.1) is 5.71 Å². The van der Waals surface area contributed by atoms with Crippen LogP contribution in [-0.4, -0.2) is 15.9 Å². The van der Waals surface area contributed by atoms with E-state index in [9.17, 15) is 0 Å². The predicted octanol–water partition coefficient (Wildman–Crippen LogP) is 1.56. The third kappa shape index (κ3) is 1.38. The Bertz CT molecular complexity index is 228. The number of rotatable bonds is 1. The van der Waals surface area contributed by atoms with Crippen molar-refractivity contribution in [2.45, 2.75) is 6.92 Å². The van der Waals surface area contributed by atoms with Crippen LogP contribution in [0.3, 0.4) is 0 Å². The topological polar surface area (TPSA) is 52.5 Å². The van der Waals surface area contributed by atoms with Crippen LogP contribution < -0.4 is 0 Å². The maximum Gasteiger partial charge on any atom is 0.106 e. The summed E-state index contributed by atoms with van der Waals surface area (Å²) in [4.78, 5) is 0. The highest BCUT2D eigenvalue weighted by atomic mass is 79.9. The van der Waals surface area contributed by atoms with Gasteiger partial charge in [-0.2, -0.15) is 5.10 Å². The van der Waals surface area contributed by atoms with E-state index in [0.29, 0.717) is 11.4 Å². The number of halogens is 1. The molecule has 0 bridgehead atoms. The quantitative estimate of drug-likeness (QED) is 0.645. The third-order valence-corrected chi connectivity index (χ3v) is 1.34. The first-order chi connectivity index (χ1) is 4.20. The molecule has 9 heavy (non-hydrogen) atoms. The molecule has 0 aliphatic heterocycles. The molecule has 0 saturated carbocycles. The van der Waals surface area contributed by atoms with E-state index in [2.05, 4.69) is 26.1 Å². The normalized spacial score (nSPS) is 9.56. The Morgan fingerprint density at radius 1 is 1.89 bits per heavy atom. The predicted molar refractivity (Wildman–Crippen MR) is 38.8 cm³/mol. The van der Waals surface area contributed by atoms with Crippen molar-refractivity contribution in [2.75, 3.05) is 0 Å². The molecule has 1 heterocycles. The lowest BCUT2D eigenvalue weighted by Gasteiger charge is -1.82. The summed E-state index contributed by atoms with van der Waals surface area (Å²) < 4.78 is 0.809. The van der Waals surface area contributed by atoms with Crippen LogP contribution in [0.15, 0.2) is 10.7 Å². The fraction of sp³-hybridized carbons (Fsp3) is 0.200. The minimum Gasteiger partial charge on any atom is -0.303 e. The van der Waals surface area contributed by atoms with Gasteiger partial charge in [0.2, 0.25) is 0 Å². The van der Waals surface area contributed by atoms with Crippen LogP contribution >= 0.6 is 15.9 Å². The summed E-state index contributed by atoms with van der Waals surface area (Å²) in [6, 6.07) is 1.77. The van der Waals surface area contributed by atoms with E-state index in [1.54, 1.807) is 13.0 Å². The highest BCUT2D eigenvalue weighted by molar-refractivity contribution is 9.10. The summed E-state index contributed by atoms with van der Waals surface area (Å²) in [6.07, 6.45) is 0. The average Bonchev–Trinajstić information content (AvgIpc) is 2.14. The molecule has 48 valence electrons. The van der Waals surface area contributed by atoms with Crippen molar-refractivity contribution in [1.82, 2.24) is 10.2 Å². The number of H-pyrrole nitrogens is 1. The third-order valence-electron chi connectivity index (χ3n) is 0.931. The number of nitrogens with one attached hydrogen (secondary N) is 2. The molecule has 1 aromatic rings. The van der Waals surface area contributed by atoms with E-state index in [0.717, 1.165) is 4.60 Å². The number of nitrogens with zero attached hydrogens (tertiary/aromatic N) is 1. The van der Waals surface area contributed by atoms with Gasteiger partial charge in [-0.15, -0.1) is 0 Å². The zero-order chi connectivity index (χ0) is 6.85. The SMILES string of the molecule is CC(=N)c1cc(Br)[nH]n1. The molecule has 0 fully saturated rings. The van der Waals surface area contributed by atoms with Crippen LogP contribution in [0.2, 0.25) is 0 Å². The lowest BCUT2D eigenvalue weighted by atomic mass is 10.3. The molecule has 2 N–H and O–H groups in total. The Hall–Kier alpha value is -0.640. The minimum absolute atomic E-state index is 0.469. The molecule has 0 aromatic carbocycles. The van der Waals surface area contributed by atoms with Crippen molar-refractivity contribution in [3.8, 4) is 0 Å². The molecule has 4 heteroatoms. The fourth-order valence-electron chi connectivity index (χ4n) is 0.490. The van der Waals surface area contributed by atoms with E-state index < -0.39 is 0 Å². The largest absolute Gasteiger partial charge is 0.303 e. The molecule has 0 aliphatic carbocycles. The van der Waals surface area contributed by atoms with Crippen molar-refractivity contribution < 1.29 is 0 Å². The summed E-state index contributed by atoms with van der Waals surface area (Å²) in [5, 5.41) is 13.6. The van der Waals surface area contributed by atoms with Gasteiger partial charge < -0.3 is 5.41 Å². The molecule has 0 atom stereocenters. The van der Waals surface area contributed by atoms with Gasteiger partial charge in [-0.3, -0.25) is 5.10 Å². The fourth-order valence-corrected chi connectivity index (χ4v) is 0.796. The van der Waals surface area contributed by atoms with Crippen LogP contribution in [0.1, 0.15) is 12.6 Å². The highest BCUT2D eigenvalue weighted by Crippen LogP contribution is 2.06. The molecular formula is C5H6BrN3. The number of hydrogen-bond donors (Lipinski definition) is 2. The van der Waals surface area contributed by atoms with Gasteiger partial charge in [0.25, 0.3) is 0 Å². The van der Waals surface area contributed by atoms with E-state index in [-0.39, 0.29) is 0 Å². The zero-order valence-corrected chi connectivity index (χ0v) is 6.49. The Morgan fingerprint density at radius 3 is 2.78 bits per heavy atom. The van der Waals surface area contributed by atoms with Gasteiger partial charge in [0.1, 0.15) is 10.3 Å². The van der Waals surface area contributed by atoms with Crippen molar-refractivity contribution in [3.05, 3.63) is 16.4 Å². The Morgan fingerprint density at radius 2 is 2.56 bits per heavy atom. The summed E-state index contributed by atoms with van der Waals surface area (Å²) in [7, 11) is 0. The molecule has 0 unspecified atom stereocenters. The molecule has 0 radical (unpaired) electrons. The van der Waals surface area contributed by atoms with E-state index in [1.807, 2.05) is 0 Å². The molecule has 0 aliphatic rings. The van der Waals surface area contributed by atoms with Crippen molar-refractivity contribution in [3.63, 3.8) is 0 Å². The first kappa shape index (κ1) is 6.48.